The Morgan fingerprint density at radius 3 is 2.74 bits per heavy atom. The van der Waals surface area contributed by atoms with Crippen molar-refractivity contribution in [2.45, 2.75) is 19.9 Å². The van der Waals surface area contributed by atoms with Crippen LogP contribution in [0.5, 0.6) is 0 Å². The number of fused-ring (bicyclic) bond motifs is 2. The van der Waals surface area contributed by atoms with E-state index >= 15 is 0 Å². The van der Waals surface area contributed by atoms with E-state index in [1.54, 1.807) is 16.5 Å². The highest BCUT2D eigenvalue weighted by molar-refractivity contribution is 6.07. The lowest BCUT2D eigenvalue weighted by Gasteiger charge is -2.28. The summed E-state index contributed by atoms with van der Waals surface area (Å²) >= 11 is 0. The van der Waals surface area contributed by atoms with Crippen LogP contribution < -0.4 is 0 Å². The molecule has 1 aliphatic rings. The largest absolute Gasteiger partial charge is 0.461 e. The summed E-state index contributed by atoms with van der Waals surface area (Å²) in [4.78, 5) is 27.3. The molecular formula is C21H21N3O3. The number of amides is 1. The summed E-state index contributed by atoms with van der Waals surface area (Å²) in [6, 6.07) is 13.6. The summed E-state index contributed by atoms with van der Waals surface area (Å²) < 4.78 is 6.85. The normalized spacial score (nSPS) is 13.5. The molecule has 6 heteroatoms. The van der Waals surface area contributed by atoms with Crippen LogP contribution in [0.4, 0.5) is 0 Å². The Balaban J connectivity index is 1.68. The van der Waals surface area contributed by atoms with Gasteiger partial charge in [0.05, 0.1) is 13.2 Å². The van der Waals surface area contributed by atoms with E-state index in [1.807, 2.05) is 49.5 Å². The molecule has 1 aromatic heterocycles. The van der Waals surface area contributed by atoms with Gasteiger partial charge >= 0.3 is 5.97 Å². The molecule has 0 saturated carbocycles. The van der Waals surface area contributed by atoms with Crippen molar-refractivity contribution in [3.63, 3.8) is 0 Å². The number of aryl methyl sites for hydroxylation is 1. The number of ether oxygens (including phenoxy) is 1. The number of benzene rings is 2. The van der Waals surface area contributed by atoms with Crippen LogP contribution in [0.15, 0.2) is 42.5 Å². The van der Waals surface area contributed by atoms with Crippen molar-refractivity contribution in [3.8, 4) is 0 Å². The molecule has 0 bridgehead atoms. The van der Waals surface area contributed by atoms with Crippen molar-refractivity contribution in [2.24, 2.45) is 7.05 Å². The zero-order valence-electron chi connectivity index (χ0n) is 15.4. The van der Waals surface area contributed by atoms with Crippen LogP contribution in [0.1, 0.15) is 39.0 Å². The molecule has 4 rings (SSSR count). The van der Waals surface area contributed by atoms with Gasteiger partial charge in [-0.1, -0.05) is 36.4 Å². The highest BCUT2D eigenvalue weighted by Gasteiger charge is 2.30. The molecule has 6 nitrogen and oxygen atoms in total. The first-order valence-electron chi connectivity index (χ1n) is 9.09. The minimum atomic E-state index is -0.436. The molecule has 0 saturated heterocycles. The van der Waals surface area contributed by atoms with Crippen LogP contribution in [-0.4, -0.2) is 39.7 Å². The summed E-state index contributed by atoms with van der Waals surface area (Å²) in [5, 5.41) is 6.31. The summed E-state index contributed by atoms with van der Waals surface area (Å²) in [6.45, 7) is 3.02. The minimum Gasteiger partial charge on any atom is -0.461 e. The zero-order valence-corrected chi connectivity index (χ0v) is 15.4. The van der Waals surface area contributed by atoms with E-state index in [-0.39, 0.29) is 5.91 Å². The number of carbonyl (C=O) groups is 2. The molecule has 0 fully saturated rings. The number of hydrogen-bond acceptors (Lipinski definition) is 4. The second kappa shape index (κ2) is 6.87. The second-order valence-corrected chi connectivity index (χ2v) is 6.62. The second-order valence-electron chi connectivity index (χ2n) is 6.62. The minimum absolute atomic E-state index is 0.0314. The first-order valence-corrected chi connectivity index (χ1v) is 9.09. The Bertz CT molecular complexity index is 1030. The monoisotopic (exact) mass is 363 g/mol. The van der Waals surface area contributed by atoms with Gasteiger partial charge in [-0.25, -0.2) is 4.79 Å². The molecular weight excluding hydrogens is 342 g/mol. The standard InChI is InChI=1S/C21H21N3O3/c1-3-27-21(26)19-17-13-24(12-11-18(17)23(2)22-19)20(25)16-10-6-8-14-7-4-5-9-15(14)16/h4-10H,3,11-13H2,1-2H3. The molecule has 2 heterocycles. The van der Waals surface area contributed by atoms with E-state index in [0.29, 0.717) is 37.4 Å². The van der Waals surface area contributed by atoms with Gasteiger partial charge in [0.1, 0.15) is 0 Å². The smallest absolute Gasteiger partial charge is 0.359 e. The van der Waals surface area contributed by atoms with Crippen LogP contribution in [0, 0.1) is 0 Å². The molecule has 2 aromatic carbocycles. The molecule has 3 aromatic rings. The maximum Gasteiger partial charge on any atom is 0.359 e. The Morgan fingerprint density at radius 2 is 1.93 bits per heavy atom. The molecule has 0 spiro atoms. The van der Waals surface area contributed by atoms with E-state index in [9.17, 15) is 9.59 Å². The number of hydrogen-bond donors (Lipinski definition) is 0. The van der Waals surface area contributed by atoms with Crippen molar-refractivity contribution in [2.75, 3.05) is 13.2 Å². The highest BCUT2D eigenvalue weighted by Crippen LogP contribution is 2.26. The summed E-state index contributed by atoms with van der Waals surface area (Å²) in [5.41, 5.74) is 2.76. The molecule has 0 radical (unpaired) electrons. The Hall–Kier alpha value is -3.15. The third kappa shape index (κ3) is 2.97. The Kier molecular flexibility index (Phi) is 4.39. The van der Waals surface area contributed by atoms with Crippen LogP contribution in [0.25, 0.3) is 10.8 Å². The molecule has 0 unspecified atom stereocenters. The predicted octanol–water partition coefficient (Wildman–Crippen LogP) is 2.95. The summed E-state index contributed by atoms with van der Waals surface area (Å²) in [5.74, 6) is -0.468. The van der Waals surface area contributed by atoms with Crippen molar-refractivity contribution < 1.29 is 14.3 Å². The SMILES string of the molecule is CCOC(=O)c1nn(C)c2c1CN(C(=O)c1cccc3ccccc13)CC2. The third-order valence-electron chi connectivity index (χ3n) is 5.02. The first kappa shape index (κ1) is 17.3. The van der Waals surface area contributed by atoms with Gasteiger partial charge in [-0.2, -0.15) is 5.10 Å². The van der Waals surface area contributed by atoms with E-state index in [2.05, 4.69) is 5.10 Å². The third-order valence-corrected chi connectivity index (χ3v) is 5.02. The molecule has 1 aliphatic heterocycles. The van der Waals surface area contributed by atoms with E-state index < -0.39 is 5.97 Å². The van der Waals surface area contributed by atoms with Gasteiger partial charge in [-0.3, -0.25) is 9.48 Å². The van der Waals surface area contributed by atoms with E-state index in [0.717, 1.165) is 22.0 Å². The molecule has 0 atom stereocenters. The lowest BCUT2D eigenvalue weighted by molar-refractivity contribution is 0.0513. The van der Waals surface area contributed by atoms with Crippen LogP contribution in [0.2, 0.25) is 0 Å². The zero-order chi connectivity index (χ0) is 19.0. The Morgan fingerprint density at radius 1 is 1.15 bits per heavy atom. The first-order chi connectivity index (χ1) is 13.1. The number of carbonyl (C=O) groups excluding carboxylic acids is 2. The van der Waals surface area contributed by atoms with Gasteiger partial charge in [-0.05, 0) is 23.8 Å². The summed E-state index contributed by atoms with van der Waals surface area (Å²) in [7, 11) is 1.82. The van der Waals surface area contributed by atoms with E-state index in [4.69, 9.17) is 4.74 Å². The van der Waals surface area contributed by atoms with Gasteiger partial charge in [0.15, 0.2) is 5.69 Å². The number of aromatic nitrogens is 2. The van der Waals surface area contributed by atoms with Crippen molar-refractivity contribution in [1.82, 2.24) is 14.7 Å². The molecule has 1 amide bonds. The fourth-order valence-electron chi connectivity index (χ4n) is 3.71. The van der Waals surface area contributed by atoms with Crippen LogP contribution in [0.3, 0.4) is 0 Å². The van der Waals surface area contributed by atoms with Crippen LogP contribution in [-0.2, 0) is 24.8 Å². The predicted molar refractivity (Wildman–Crippen MR) is 102 cm³/mol. The van der Waals surface area contributed by atoms with Crippen molar-refractivity contribution >= 4 is 22.6 Å². The quantitative estimate of drug-likeness (QED) is 0.671. The van der Waals surface area contributed by atoms with Gasteiger partial charge in [0, 0.05) is 36.8 Å². The lowest BCUT2D eigenvalue weighted by Crippen LogP contribution is -2.36. The molecule has 0 aliphatic carbocycles. The van der Waals surface area contributed by atoms with Gasteiger partial charge in [-0.15, -0.1) is 0 Å². The van der Waals surface area contributed by atoms with E-state index in [1.165, 1.54) is 0 Å². The Labute approximate surface area is 157 Å². The van der Waals surface area contributed by atoms with Gasteiger partial charge in [0.2, 0.25) is 0 Å². The van der Waals surface area contributed by atoms with Crippen molar-refractivity contribution in [3.05, 3.63) is 65.0 Å². The maximum atomic E-state index is 13.2. The fourth-order valence-corrected chi connectivity index (χ4v) is 3.71. The topological polar surface area (TPSA) is 64.4 Å². The van der Waals surface area contributed by atoms with Crippen LogP contribution >= 0.6 is 0 Å². The number of rotatable bonds is 3. The van der Waals surface area contributed by atoms with Crippen molar-refractivity contribution in [1.29, 1.82) is 0 Å². The number of esters is 1. The fraction of sp³-hybridized carbons (Fsp3) is 0.286. The molecule has 27 heavy (non-hydrogen) atoms. The highest BCUT2D eigenvalue weighted by atomic mass is 16.5. The van der Waals surface area contributed by atoms with Gasteiger partial charge < -0.3 is 9.64 Å². The molecule has 0 N–H and O–H groups in total. The average Bonchev–Trinajstić information content (AvgIpc) is 3.03. The van der Waals surface area contributed by atoms with Gasteiger partial charge in [0.25, 0.3) is 5.91 Å². The number of nitrogens with zero attached hydrogens (tertiary/aromatic N) is 3. The lowest BCUT2D eigenvalue weighted by atomic mass is 10.0. The maximum absolute atomic E-state index is 13.2. The summed E-state index contributed by atoms with van der Waals surface area (Å²) in [6.07, 6.45) is 0.661. The average molecular weight is 363 g/mol. The molecule has 138 valence electrons.